The first-order valence-electron chi connectivity index (χ1n) is 13.1. The molecule has 0 fully saturated rings. The van der Waals surface area contributed by atoms with Crippen LogP contribution in [0.4, 0.5) is 9.59 Å². The summed E-state index contributed by atoms with van der Waals surface area (Å²) < 4.78 is 10.0. The van der Waals surface area contributed by atoms with Crippen LogP contribution in [0.1, 0.15) is 77.0 Å². The quantitative estimate of drug-likeness (QED) is 0.0867. The summed E-state index contributed by atoms with van der Waals surface area (Å²) in [6, 6.07) is -0.612. The van der Waals surface area contributed by atoms with Gasteiger partial charge in [-0.05, 0) is 38.5 Å². The summed E-state index contributed by atoms with van der Waals surface area (Å²) in [4.78, 5) is 46.3. The van der Waals surface area contributed by atoms with E-state index in [2.05, 4.69) is 21.3 Å². The number of carbonyl (C=O) groups excluding carboxylic acids is 4. The van der Waals surface area contributed by atoms with E-state index in [1.165, 1.54) is 0 Å². The molecule has 12 heteroatoms. The molecule has 0 bridgehead atoms. The third kappa shape index (κ3) is 24.5. The summed E-state index contributed by atoms with van der Waals surface area (Å²) in [7, 11) is 0. The average Bonchev–Trinajstić information content (AvgIpc) is 2.86. The Kier molecular flexibility index (Phi) is 23.7. The van der Waals surface area contributed by atoms with Crippen LogP contribution < -0.4 is 21.3 Å². The van der Waals surface area contributed by atoms with Crippen molar-refractivity contribution in [3.8, 4) is 0 Å². The standard InChI is InChI=1S/C24H46N4O8/c29-17-9-3-5-11-21(31)35-19-15-27-23(33)25-13-7-1-2-8-14-26-24(34)28-16-20-36-22(32)12-6-4-10-18-30/h29-30H,1-20H2,(H2,25,27,33)(H2,26,28,34). The molecule has 0 heterocycles. The molecular formula is C24H46N4O8. The Morgan fingerprint density at radius 1 is 0.472 bits per heavy atom. The van der Waals surface area contributed by atoms with E-state index in [0.717, 1.165) is 38.5 Å². The molecule has 0 aromatic carbocycles. The van der Waals surface area contributed by atoms with Crippen molar-refractivity contribution in [3.05, 3.63) is 0 Å². The molecule has 6 N–H and O–H groups in total. The van der Waals surface area contributed by atoms with Crippen LogP contribution in [-0.4, -0.2) is 86.8 Å². The number of aliphatic hydroxyl groups is 2. The Hall–Kier alpha value is -2.60. The third-order valence-electron chi connectivity index (χ3n) is 5.05. The fraction of sp³-hybridized carbons (Fsp3) is 0.833. The highest BCUT2D eigenvalue weighted by Crippen LogP contribution is 2.01. The molecular weight excluding hydrogens is 472 g/mol. The molecule has 36 heavy (non-hydrogen) atoms. The van der Waals surface area contributed by atoms with Gasteiger partial charge in [0.25, 0.3) is 0 Å². The number of amides is 4. The van der Waals surface area contributed by atoms with Crippen molar-refractivity contribution < 1.29 is 38.9 Å². The fourth-order valence-electron chi connectivity index (χ4n) is 3.05. The maximum Gasteiger partial charge on any atom is 0.314 e. The topological polar surface area (TPSA) is 175 Å². The summed E-state index contributed by atoms with van der Waals surface area (Å²) in [5.41, 5.74) is 0. The number of hydrogen-bond donors (Lipinski definition) is 6. The summed E-state index contributed by atoms with van der Waals surface area (Å²) in [6.07, 6.45) is 8.37. The van der Waals surface area contributed by atoms with Gasteiger partial charge < -0.3 is 41.0 Å². The van der Waals surface area contributed by atoms with Crippen LogP contribution >= 0.6 is 0 Å². The highest BCUT2D eigenvalue weighted by Gasteiger charge is 2.05. The van der Waals surface area contributed by atoms with Crippen molar-refractivity contribution >= 4 is 24.0 Å². The number of ether oxygens (including phenoxy) is 2. The third-order valence-corrected chi connectivity index (χ3v) is 5.05. The van der Waals surface area contributed by atoms with E-state index in [1.54, 1.807) is 0 Å². The monoisotopic (exact) mass is 518 g/mol. The van der Waals surface area contributed by atoms with E-state index < -0.39 is 0 Å². The second-order valence-corrected chi connectivity index (χ2v) is 8.29. The first kappa shape index (κ1) is 33.4. The van der Waals surface area contributed by atoms with E-state index in [9.17, 15) is 19.2 Å². The average molecular weight is 519 g/mol. The van der Waals surface area contributed by atoms with E-state index in [0.29, 0.717) is 51.6 Å². The number of aliphatic hydroxyl groups excluding tert-OH is 2. The predicted molar refractivity (Wildman–Crippen MR) is 134 cm³/mol. The smallest absolute Gasteiger partial charge is 0.314 e. The molecule has 0 saturated carbocycles. The largest absolute Gasteiger partial charge is 0.464 e. The van der Waals surface area contributed by atoms with Gasteiger partial charge in [-0.25, -0.2) is 9.59 Å². The van der Waals surface area contributed by atoms with Gasteiger partial charge in [-0.3, -0.25) is 9.59 Å². The van der Waals surface area contributed by atoms with E-state index in [-0.39, 0.29) is 63.5 Å². The van der Waals surface area contributed by atoms with Gasteiger partial charge in [0.1, 0.15) is 13.2 Å². The molecule has 0 aromatic heterocycles. The lowest BCUT2D eigenvalue weighted by molar-refractivity contribution is -0.144. The number of carbonyl (C=O) groups is 4. The lowest BCUT2D eigenvalue weighted by atomic mass is 10.2. The normalized spacial score (nSPS) is 10.4. The second-order valence-electron chi connectivity index (χ2n) is 8.29. The minimum Gasteiger partial charge on any atom is -0.464 e. The fourth-order valence-corrected chi connectivity index (χ4v) is 3.05. The van der Waals surface area contributed by atoms with E-state index in [4.69, 9.17) is 19.7 Å². The van der Waals surface area contributed by atoms with E-state index in [1.807, 2.05) is 0 Å². The van der Waals surface area contributed by atoms with Gasteiger partial charge in [-0.1, -0.05) is 25.7 Å². The van der Waals surface area contributed by atoms with Crippen LogP contribution in [0.2, 0.25) is 0 Å². The summed E-state index contributed by atoms with van der Waals surface area (Å²) in [6.45, 7) is 2.07. The van der Waals surface area contributed by atoms with Crippen LogP contribution in [0.15, 0.2) is 0 Å². The van der Waals surface area contributed by atoms with Gasteiger partial charge in [0.15, 0.2) is 0 Å². The number of urea groups is 2. The Bertz CT molecular complexity index is 542. The summed E-state index contributed by atoms with van der Waals surface area (Å²) >= 11 is 0. The highest BCUT2D eigenvalue weighted by molar-refractivity contribution is 5.74. The second kappa shape index (κ2) is 25.5. The Morgan fingerprint density at radius 3 is 1.22 bits per heavy atom. The number of hydrogen-bond acceptors (Lipinski definition) is 8. The molecule has 0 radical (unpaired) electrons. The number of nitrogens with one attached hydrogen (secondary N) is 4. The first-order chi connectivity index (χ1) is 17.5. The van der Waals surface area contributed by atoms with Crippen molar-refractivity contribution in [3.63, 3.8) is 0 Å². The van der Waals surface area contributed by atoms with Gasteiger partial charge in [-0.15, -0.1) is 0 Å². The number of rotatable bonds is 23. The van der Waals surface area contributed by atoms with Gasteiger partial charge >= 0.3 is 24.0 Å². The summed E-state index contributed by atoms with van der Waals surface area (Å²) in [5, 5.41) is 28.1. The molecule has 0 aliphatic carbocycles. The van der Waals surface area contributed by atoms with Crippen molar-refractivity contribution in [2.75, 3.05) is 52.6 Å². The molecule has 0 saturated heterocycles. The van der Waals surface area contributed by atoms with Crippen LogP contribution in [0.25, 0.3) is 0 Å². The van der Waals surface area contributed by atoms with Gasteiger partial charge in [0.05, 0.1) is 13.1 Å². The zero-order valence-corrected chi connectivity index (χ0v) is 21.5. The zero-order valence-electron chi connectivity index (χ0n) is 21.5. The van der Waals surface area contributed by atoms with E-state index >= 15 is 0 Å². The van der Waals surface area contributed by atoms with Crippen molar-refractivity contribution in [2.45, 2.75) is 77.0 Å². The SMILES string of the molecule is O=C(NCCCCCCNC(=O)NCCOC(=O)CCCCCO)NCCOC(=O)CCCCCO. The number of esters is 2. The molecule has 0 aliphatic heterocycles. The molecule has 0 aliphatic rings. The highest BCUT2D eigenvalue weighted by atomic mass is 16.5. The van der Waals surface area contributed by atoms with Crippen LogP contribution in [0, 0.1) is 0 Å². The maximum atomic E-state index is 11.7. The van der Waals surface area contributed by atoms with Crippen LogP contribution in [-0.2, 0) is 19.1 Å². The van der Waals surface area contributed by atoms with Crippen molar-refractivity contribution in [1.82, 2.24) is 21.3 Å². The first-order valence-corrected chi connectivity index (χ1v) is 13.1. The minimum atomic E-state index is -0.306. The lowest BCUT2D eigenvalue weighted by Gasteiger charge is -2.09. The lowest BCUT2D eigenvalue weighted by Crippen LogP contribution is -2.38. The maximum absolute atomic E-state index is 11.7. The van der Waals surface area contributed by atoms with Gasteiger partial charge in [-0.2, -0.15) is 0 Å². The Morgan fingerprint density at radius 2 is 0.833 bits per heavy atom. The molecule has 0 aromatic rings. The van der Waals surface area contributed by atoms with Crippen LogP contribution in [0.3, 0.4) is 0 Å². The van der Waals surface area contributed by atoms with Crippen molar-refractivity contribution in [2.24, 2.45) is 0 Å². The molecule has 4 amide bonds. The minimum absolute atomic E-state index is 0.126. The molecule has 210 valence electrons. The molecule has 0 atom stereocenters. The summed E-state index contributed by atoms with van der Waals surface area (Å²) in [5.74, 6) is -0.602. The van der Waals surface area contributed by atoms with Gasteiger partial charge in [0, 0.05) is 39.1 Å². The molecule has 0 unspecified atom stereocenters. The van der Waals surface area contributed by atoms with Crippen molar-refractivity contribution in [1.29, 1.82) is 0 Å². The van der Waals surface area contributed by atoms with Crippen LogP contribution in [0.5, 0.6) is 0 Å². The molecule has 0 rings (SSSR count). The Labute approximate surface area is 214 Å². The zero-order chi connectivity index (χ0) is 26.7. The Balaban J connectivity index is 3.41. The molecule has 0 spiro atoms. The predicted octanol–water partition coefficient (Wildman–Crippen LogP) is 1.34. The van der Waals surface area contributed by atoms with Gasteiger partial charge in [0.2, 0.25) is 0 Å². The number of unbranched alkanes of at least 4 members (excludes halogenated alkanes) is 7. The molecule has 12 nitrogen and oxygen atoms in total.